The van der Waals surface area contributed by atoms with E-state index in [0.717, 1.165) is 0 Å². The van der Waals surface area contributed by atoms with Crippen LogP contribution in [-0.2, 0) is 0 Å². The molecule has 47 valence electrons. The molecule has 0 unspecified atom stereocenters. The molecule has 1 heteroatoms. The van der Waals surface area contributed by atoms with E-state index in [1.54, 1.807) is 0 Å². The Labute approximate surface area is 75.7 Å². The third kappa shape index (κ3) is 3.81. The van der Waals surface area contributed by atoms with E-state index in [4.69, 9.17) is 0 Å². The first-order valence-corrected chi connectivity index (χ1v) is 2.82. The first kappa shape index (κ1) is 8.26. The summed E-state index contributed by atoms with van der Waals surface area (Å²) in [5.41, 5.74) is 0. The van der Waals surface area contributed by atoms with Gasteiger partial charge in [-0.2, -0.15) is 12.8 Å². The Balaban J connectivity index is 0.000000360. The molecule has 1 radical (unpaired) electrons. The maximum atomic E-state index is 2.39. The quantitative estimate of drug-likeness (QED) is 0.455. The van der Waals surface area contributed by atoms with Crippen molar-refractivity contribution in [1.29, 1.82) is 0 Å². The second kappa shape index (κ2) is 5.40. The second-order valence-electron chi connectivity index (χ2n) is 1.93. The van der Waals surface area contributed by atoms with Crippen molar-refractivity contribution in [3.63, 3.8) is 0 Å². The zero-order valence-electron chi connectivity index (χ0n) is 4.41. The van der Waals surface area contributed by atoms with Crippen molar-refractivity contribution in [2.45, 2.75) is 32.1 Å². The van der Waals surface area contributed by atoms with Gasteiger partial charge in [-0.25, -0.2) is 0 Å². The molecule has 0 spiro atoms. The van der Waals surface area contributed by atoms with Crippen molar-refractivity contribution < 1.29 is 37.7 Å². The molecule has 0 atom stereocenters. The standard InChI is InChI=1S/C6H11.Ho/c1-2-4-6-5-3-1;/h1H,2-6H2;/q-1;. The zero-order valence-corrected chi connectivity index (χ0v) is 6.35. The summed E-state index contributed by atoms with van der Waals surface area (Å²) >= 11 is 0. The van der Waals surface area contributed by atoms with Gasteiger partial charge in [0.15, 0.2) is 0 Å². The SMILES string of the molecule is [CH-]1CCCCC1.[Ho]. The maximum absolute atomic E-state index is 2.39. The van der Waals surface area contributed by atoms with E-state index in [2.05, 4.69) is 6.42 Å². The molecule has 1 fully saturated rings. The van der Waals surface area contributed by atoms with Gasteiger partial charge in [0, 0.05) is 37.7 Å². The van der Waals surface area contributed by atoms with Crippen LogP contribution >= 0.6 is 0 Å². The van der Waals surface area contributed by atoms with Gasteiger partial charge in [-0.05, 0) is 0 Å². The van der Waals surface area contributed by atoms with Gasteiger partial charge < -0.3 is 6.42 Å². The van der Waals surface area contributed by atoms with E-state index in [9.17, 15) is 0 Å². The smallest absolute Gasteiger partial charge is 0 e. The van der Waals surface area contributed by atoms with E-state index in [1.165, 1.54) is 32.1 Å². The Bertz CT molecular complexity index is 19.7. The fraction of sp³-hybridized carbons (Fsp3) is 0.833. The molecule has 0 N–H and O–H groups in total. The van der Waals surface area contributed by atoms with E-state index >= 15 is 0 Å². The van der Waals surface area contributed by atoms with Crippen LogP contribution in [-0.4, -0.2) is 0 Å². The zero-order chi connectivity index (χ0) is 4.24. The van der Waals surface area contributed by atoms with Gasteiger partial charge in [0.05, 0.1) is 0 Å². The van der Waals surface area contributed by atoms with Crippen LogP contribution < -0.4 is 0 Å². The summed E-state index contributed by atoms with van der Waals surface area (Å²) in [6.07, 6.45) is 9.50. The van der Waals surface area contributed by atoms with Gasteiger partial charge >= 0.3 is 0 Å². The molecule has 0 saturated heterocycles. The summed E-state index contributed by atoms with van der Waals surface area (Å²) in [5.74, 6) is 0. The molecular weight excluding hydrogens is 237 g/mol. The third-order valence-electron chi connectivity index (χ3n) is 1.32. The van der Waals surface area contributed by atoms with Crippen LogP contribution in [0.2, 0.25) is 0 Å². The topological polar surface area (TPSA) is 0 Å². The largest absolute Gasteiger partial charge is 0.328 e. The van der Waals surface area contributed by atoms with E-state index < -0.39 is 0 Å². The van der Waals surface area contributed by atoms with Crippen molar-refractivity contribution in [3.05, 3.63) is 6.42 Å². The van der Waals surface area contributed by atoms with Crippen molar-refractivity contribution in [2.24, 2.45) is 0 Å². The van der Waals surface area contributed by atoms with Crippen LogP contribution in [0.4, 0.5) is 0 Å². The third-order valence-corrected chi connectivity index (χ3v) is 1.32. The molecule has 0 aromatic rings. The van der Waals surface area contributed by atoms with E-state index in [1.807, 2.05) is 0 Å². The van der Waals surface area contributed by atoms with Crippen LogP contribution in [0.1, 0.15) is 32.1 Å². The van der Waals surface area contributed by atoms with Crippen LogP contribution in [0.5, 0.6) is 0 Å². The minimum atomic E-state index is 0. The molecule has 0 aliphatic heterocycles. The summed E-state index contributed by atoms with van der Waals surface area (Å²) in [6.45, 7) is 0. The number of hydrogen-bond acceptors (Lipinski definition) is 0. The summed E-state index contributed by atoms with van der Waals surface area (Å²) in [7, 11) is 0. The van der Waals surface area contributed by atoms with E-state index in [-0.39, 0.29) is 37.7 Å². The molecule has 0 aromatic heterocycles. The first-order chi connectivity index (χ1) is 3.00. The van der Waals surface area contributed by atoms with Crippen molar-refractivity contribution in [2.75, 3.05) is 0 Å². The van der Waals surface area contributed by atoms with Gasteiger partial charge in [-0.15, -0.1) is 0 Å². The fourth-order valence-corrected chi connectivity index (χ4v) is 0.898. The summed E-state index contributed by atoms with van der Waals surface area (Å²) in [6, 6.07) is 0. The van der Waals surface area contributed by atoms with Crippen LogP contribution in [0, 0.1) is 44.2 Å². The number of hydrogen-bond donors (Lipinski definition) is 0. The van der Waals surface area contributed by atoms with Gasteiger partial charge in [-0.3, -0.25) is 0 Å². The Hall–Kier alpha value is 1.26. The van der Waals surface area contributed by atoms with Crippen LogP contribution in [0.3, 0.4) is 0 Å². The molecule has 0 aromatic carbocycles. The van der Waals surface area contributed by atoms with Crippen molar-refractivity contribution >= 4 is 0 Å². The summed E-state index contributed by atoms with van der Waals surface area (Å²) in [4.78, 5) is 0. The first-order valence-electron chi connectivity index (χ1n) is 2.82. The molecule has 1 saturated carbocycles. The molecule has 1 aliphatic rings. The average molecular weight is 248 g/mol. The van der Waals surface area contributed by atoms with Crippen LogP contribution in [0.15, 0.2) is 0 Å². The minimum Gasteiger partial charge on any atom is -0.328 e. The molecule has 1 rings (SSSR count). The van der Waals surface area contributed by atoms with Gasteiger partial charge in [0.25, 0.3) is 0 Å². The minimum absolute atomic E-state index is 0. The molecule has 0 nitrogen and oxygen atoms in total. The molecule has 0 amide bonds. The Morgan fingerprint density at radius 3 is 1.57 bits per heavy atom. The summed E-state index contributed by atoms with van der Waals surface area (Å²) in [5, 5.41) is 0. The Morgan fingerprint density at radius 2 is 1.43 bits per heavy atom. The monoisotopic (exact) mass is 248 g/mol. The van der Waals surface area contributed by atoms with Gasteiger partial charge in [-0.1, -0.05) is 19.3 Å². The second-order valence-corrected chi connectivity index (χ2v) is 1.93. The van der Waals surface area contributed by atoms with Gasteiger partial charge in [0.1, 0.15) is 0 Å². The Morgan fingerprint density at radius 1 is 0.857 bits per heavy atom. The molecule has 0 heterocycles. The Kier molecular flexibility index (Phi) is 6.37. The molecule has 1 aliphatic carbocycles. The predicted octanol–water partition coefficient (Wildman–Crippen LogP) is 2.15. The van der Waals surface area contributed by atoms with Crippen molar-refractivity contribution in [3.8, 4) is 0 Å². The average Bonchev–Trinajstić information content (AvgIpc) is 1.72. The summed E-state index contributed by atoms with van der Waals surface area (Å²) < 4.78 is 0. The molecule has 7 heavy (non-hydrogen) atoms. The number of rotatable bonds is 0. The predicted molar refractivity (Wildman–Crippen MR) is 27.4 cm³/mol. The molecule has 0 bridgehead atoms. The van der Waals surface area contributed by atoms with Gasteiger partial charge in [0.2, 0.25) is 0 Å². The normalized spacial score (nSPS) is 20.6. The molecular formula is C6H11Ho-. The van der Waals surface area contributed by atoms with E-state index in [0.29, 0.717) is 0 Å². The maximum Gasteiger partial charge on any atom is 0 e. The fourth-order valence-electron chi connectivity index (χ4n) is 0.898. The van der Waals surface area contributed by atoms with Crippen LogP contribution in [0.25, 0.3) is 0 Å². The van der Waals surface area contributed by atoms with Crippen molar-refractivity contribution in [1.82, 2.24) is 0 Å².